The van der Waals surface area contributed by atoms with Gasteiger partial charge < -0.3 is 5.73 Å². The minimum absolute atomic E-state index is 0.466. The van der Waals surface area contributed by atoms with Crippen molar-refractivity contribution in [1.82, 2.24) is 9.78 Å². The molecule has 44 valence electrons. The zero-order valence-corrected chi connectivity index (χ0v) is 4.83. The fourth-order valence-electron chi connectivity index (χ4n) is 0.567. The van der Waals surface area contributed by atoms with Gasteiger partial charge in [-0.25, -0.2) is 0 Å². The summed E-state index contributed by atoms with van der Waals surface area (Å²) < 4.78 is 1.69. The zero-order valence-electron chi connectivity index (χ0n) is 4.83. The molecule has 0 radical (unpaired) electrons. The van der Waals surface area contributed by atoms with Gasteiger partial charge in [-0.3, -0.25) is 4.68 Å². The van der Waals surface area contributed by atoms with Crippen LogP contribution in [0.25, 0.3) is 0 Å². The highest BCUT2D eigenvalue weighted by Crippen LogP contribution is 1.90. The third-order valence-corrected chi connectivity index (χ3v) is 0.949. The summed E-state index contributed by atoms with van der Waals surface area (Å²) in [5, 5.41) is 3.93. The van der Waals surface area contributed by atoms with Crippen molar-refractivity contribution in [3.63, 3.8) is 0 Å². The molecular formula is C5H9N3. The summed E-state index contributed by atoms with van der Waals surface area (Å²) >= 11 is 0. The number of hydrogen-bond donors (Lipinski definition) is 1. The predicted octanol–water partition coefficient (Wildman–Crippen LogP) is 0.108. The van der Waals surface area contributed by atoms with Crippen LogP contribution in [0.3, 0.4) is 0 Å². The minimum atomic E-state index is 0.466. The molecule has 1 heterocycles. The summed E-state index contributed by atoms with van der Waals surface area (Å²) in [6.45, 7) is 2.45. The van der Waals surface area contributed by atoms with E-state index in [-0.39, 0.29) is 0 Å². The van der Waals surface area contributed by atoms with Crippen LogP contribution in [0.4, 0.5) is 0 Å². The Kier molecular flexibility index (Phi) is 1.30. The van der Waals surface area contributed by atoms with Gasteiger partial charge in [0.05, 0.1) is 12.9 Å². The Balaban J connectivity index is 2.84. The second-order valence-corrected chi connectivity index (χ2v) is 1.74. The molecule has 0 spiro atoms. The first-order valence-corrected chi connectivity index (χ1v) is 2.52. The molecule has 1 rings (SSSR count). The molecule has 0 fully saturated rings. The maximum atomic E-state index is 5.26. The van der Waals surface area contributed by atoms with Gasteiger partial charge >= 0.3 is 0 Å². The molecule has 0 atom stereocenters. The van der Waals surface area contributed by atoms with E-state index in [2.05, 4.69) is 5.10 Å². The Morgan fingerprint density at radius 2 is 2.62 bits per heavy atom. The van der Waals surface area contributed by atoms with Gasteiger partial charge in [0.2, 0.25) is 0 Å². The first kappa shape index (κ1) is 5.31. The summed E-state index contributed by atoms with van der Waals surface area (Å²) in [4.78, 5) is 0. The maximum Gasteiger partial charge on any atom is 0.0878 e. The number of aryl methyl sites for hydroxylation is 1. The molecule has 0 amide bonds. The molecular weight excluding hydrogens is 102 g/mol. The predicted molar refractivity (Wildman–Crippen MR) is 31.2 cm³/mol. The molecule has 3 heteroatoms. The molecule has 2 N–H and O–H groups in total. The third-order valence-electron chi connectivity index (χ3n) is 0.949. The highest BCUT2D eigenvalue weighted by atomic mass is 15.3. The second-order valence-electron chi connectivity index (χ2n) is 1.74. The first-order valence-electron chi connectivity index (χ1n) is 2.52. The monoisotopic (exact) mass is 111 g/mol. The van der Waals surface area contributed by atoms with Crippen LogP contribution in [0.5, 0.6) is 0 Å². The topological polar surface area (TPSA) is 43.8 Å². The van der Waals surface area contributed by atoms with Crippen LogP contribution < -0.4 is 5.73 Å². The van der Waals surface area contributed by atoms with Gasteiger partial charge in [0.15, 0.2) is 0 Å². The van der Waals surface area contributed by atoms with Crippen LogP contribution in [0.2, 0.25) is 0 Å². The van der Waals surface area contributed by atoms with Crippen LogP contribution in [0.15, 0.2) is 12.4 Å². The lowest BCUT2D eigenvalue weighted by Crippen LogP contribution is -2.06. The van der Waals surface area contributed by atoms with E-state index in [1.807, 2.05) is 13.1 Å². The van der Waals surface area contributed by atoms with Crippen LogP contribution >= 0.6 is 0 Å². The lowest BCUT2D eigenvalue weighted by Gasteiger charge is -1.88. The molecule has 0 saturated heterocycles. The molecule has 1 aromatic heterocycles. The number of rotatable bonds is 1. The van der Waals surface area contributed by atoms with Crippen molar-refractivity contribution in [1.29, 1.82) is 0 Å². The molecule has 3 nitrogen and oxygen atoms in total. The van der Waals surface area contributed by atoms with E-state index in [1.54, 1.807) is 10.9 Å². The van der Waals surface area contributed by atoms with Crippen LogP contribution in [-0.4, -0.2) is 9.78 Å². The van der Waals surface area contributed by atoms with Crippen molar-refractivity contribution in [2.75, 3.05) is 0 Å². The average molecular weight is 111 g/mol. The van der Waals surface area contributed by atoms with Crippen molar-refractivity contribution in [2.45, 2.75) is 13.6 Å². The third kappa shape index (κ3) is 0.869. The second kappa shape index (κ2) is 1.96. The van der Waals surface area contributed by atoms with Gasteiger partial charge in [0.25, 0.3) is 0 Å². The summed E-state index contributed by atoms with van der Waals surface area (Å²) in [7, 11) is 0. The van der Waals surface area contributed by atoms with Crippen LogP contribution in [0.1, 0.15) is 5.56 Å². The summed E-state index contributed by atoms with van der Waals surface area (Å²) in [5.74, 6) is 0. The van der Waals surface area contributed by atoms with Crippen LogP contribution in [-0.2, 0) is 6.67 Å². The molecule has 0 aliphatic rings. The Hall–Kier alpha value is -0.830. The largest absolute Gasteiger partial charge is 0.312 e. The smallest absolute Gasteiger partial charge is 0.0878 e. The Labute approximate surface area is 48.1 Å². The normalized spacial score (nSPS) is 9.75. The summed E-state index contributed by atoms with van der Waals surface area (Å²) in [5.41, 5.74) is 6.41. The van der Waals surface area contributed by atoms with Gasteiger partial charge in [-0.05, 0) is 12.5 Å². The molecule has 8 heavy (non-hydrogen) atoms. The Morgan fingerprint density at radius 3 is 2.88 bits per heavy atom. The first-order chi connectivity index (χ1) is 3.83. The molecule has 0 aliphatic heterocycles. The van der Waals surface area contributed by atoms with E-state index in [1.165, 1.54) is 0 Å². The van der Waals surface area contributed by atoms with Crippen molar-refractivity contribution in [2.24, 2.45) is 5.73 Å². The molecule has 1 aromatic rings. The maximum absolute atomic E-state index is 5.26. The fourth-order valence-corrected chi connectivity index (χ4v) is 0.567. The van der Waals surface area contributed by atoms with Gasteiger partial charge in [0.1, 0.15) is 0 Å². The van der Waals surface area contributed by atoms with E-state index >= 15 is 0 Å². The number of nitrogens with two attached hydrogens (primary N) is 1. The van der Waals surface area contributed by atoms with E-state index in [0.29, 0.717) is 6.67 Å². The quantitative estimate of drug-likeness (QED) is 0.559. The molecule has 0 aromatic carbocycles. The molecule has 0 unspecified atom stereocenters. The average Bonchev–Trinajstić information content (AvgIpc) is 2.14. The van der Waals surface area contributed by atoms with Gasteiger partial charge in [0, 0.05) is 6.20 Å². The number of aromatic nitrogens is 2. The van der Waals surface area contributed by atoms with Crippen molar-refractivity contribution in [3.05, 3.63) is 18.0 Å². The van der Waals surface area contributed by atoms with Gasteiger partial charge in [-0.1, -0.05) is 0 Å². The standard InChI is InChI=1S/C5H9N3/c1-5-2-7-8(3-5)4-6/h2-3H,4,6H2,1H3. The fraction of sp³-hybridized carbons (Fsp3) is 0.400. The van der Waals surface area contributed by atoms with E-state index in [0.717, 1.165) is 5.56 Å². The lowest BCUT2D eigenvalue weighted by atomic mass is 10.4. The lowest BCUT2D eigenvalue weighted by molar-refractivity contribution is 0.638. The van der Waals surface area contributed by atoms with Crippen molar-refractivity contribution in [3.8, 4) is 0 Å². The molecule has 0 aliphatic carbocycles. The van der Waals surface area contributed by atoms with E-state index in [4.69, 9.17) is 5.73 Å². The summed E-state index contributed by atoms with van der Waals surface area (Å²) in [6, 6.07) is 0. The zero-order chi connectivity index (χ0) is 5.98. The van der Waals surface area contributed by atoms with E-state index < -0.39 is 0 Å². The SMILES string of the molecule is Cc1cnn(CN)c1. The summed E-state index contributed by atoms with van der Waals surface area (Å²) in [6.07, 6.45) is 3.69. The highest BCUT2D eigenvalue weighted by molar-refractivity contribution is 4.98. The van der Waals surface area contributed by atoms with E-state index in [9.17, 15) is 0 Å². The van der Waals surface area contributed by atoms with Gasteiger partial charge in [-0.15, -0.1) is 0 Å². The Morgan fingerprint density at radius 1 is 1.88 bits per heavy atom. The van der Waals surface area contributed by atoms with Gasteiger partial charge in [-0.2, -0.15) is 5.10 Å². The van der Waals surface area contributed by atoms with Crippen molar-refractivity contribution < 1.29 is 0 Å². The Bertz CT molecular complexity index is 168. The molecule has 0 bridgehead atoms. The van der Waals surface area contributed by atoms with Crippen LogP contribution in [0, 0.1) is 6.92 Å². The number of nitrogens with zero attached hydrogens (tertiary/aromatic N) is 2. The highest BCUT2D eigenvalue weighted by Gasteiger charge is 1.86. The number of hydrogen-bond acceptors (Lipinski definition) is 2. The molecule has 0 saturated carbocycles. The minimum Gasteiger partial charge on any atom is -0.312 e. The van der Waals surface area contributed by atoms with Crippen molar-refractivity contribution >= 4 is 0 Å².